The lowest BCUT2D eigenvalue weighted by Gasteiger charge is -2.11. The number of sulfonamides is 1. The SMILES string of the molecule is Cc1cncc(NS(=O)(=O)c2cc(N)c(F)cc2Br)c1. The second kappa shape index (κ2) is 5.37. The summed E-state index contributed by atoms with van der Waals surface area (Å²) in [4.78, 5) is 3.75. The molecule has 0 unspecified atom stereocenters. The highest BCUT2D eigenvalue weighted by Gasteiger charge is 2.20. The molecular formula is C12H11BrFN3O2S. The standard InChI is InChI=1S/C12H11BrFN3O2S/c1-7-2-8(6-16-5-7)17-20(18,19)12-4-11(15)10(14)3-9(12)13/h2-6,17H,15H2,1H3. The molecule has 0 amide bonds. The van der Waals surface area contributed by atoms with E-state index in [0.29, 0.717) is 5.69 Å². The first-order chi connectivity index (χ1) is 9.29. The molecule has 1 heterocycles. The zero-order valence-electron chi connectivity index (χ0n) is 10.4. The highest BCUT2D eigenvalue weighted by molar-refractivity contribution is 9.10. The Kier molecular flexibility index (Phi) is 3.96. The Morgan fingerprint density at radius 3 is 2.65 bits per heavy atom. The number of nitrogen functional groups attached to an aromatic ring is 1. The Bertz CT molecular complexity index is 765. The van der Waals surface area contributed by atoms with Crippen molar-refractivity contribution in [3.05, 3.63) is 46.4 Å². The molecule has 0 radical (unpaired) electrons. The smallest absolute Gasteiger partial charge is 0.263 e. The van der Waals surface area contributed by atoms with Gasteiger partial charge in [-0.3, -0.25) is 9.71 Å². The molecular weight excluding hydrogens is 349 g/mol. The number of aryl methyl sites for hydroxylation is 1. The molecule has 1 aromatic carbocycles. The molecule has 3 N–H and O–H groups in total. The summed E-state index contributed by atoms with van der Waals surface area (Å²) < 4.78 is 40.2. The molecule has 2 rings (SSSR count). The summed E-state index contributed by atoms with van der Waals surface area (Å²) in [5.41, 5.74) is 6.29. The molecule has 0 aliphatic carbocycles. The van der Waals surface area contributed by atoms with Gasteiger partial charge in [-0.2, -0.15) is 0 Å². The molecule has 0 bridgehead atoms. The van der Waals surface area contributed by atoms with Gasteiger partial charge >= 0.3 is 0 Å². The van der Waals surface area contributed by atoms with Crippen LogP contribution in [0.15, 0.2) is 40.0 Å². The first-order valence-electron chi connectivity index (χ1n) is 5.48. The Morgan fingerprint density at radius 1 is 1.30 bits per heavy atom. The van der Waals surface area contributed by atoms with Gasteiger partial charge in [-0.05, 0) is 46.6 Å². The van der Waals surface area contributed by atoms with Gasteiger partial charge < -0.3 is 5.73 Å². The average molecular weight is 360 g/mol. The molecule has 5 nitrogen and oxygen atoms in total. The number of benzene rings is 1. The van der Waals surface area contributed by atoms with Gasteiger partial charge in [-0.1, -0.05) is 0 Å². The quantitative estimate of drug-likeness (QED) is 0.825. The van der Waals surface area contributed by atoms with E-state index in [1.807, 2.05) is 0 Å². The Balaban J connectivity index is 2.43. The van der Waals surface area contributed by atoms with E-state index >= 15 is 0 Å². The van der Waals surface area contributed by atoms with E-state index in [1.165, 1.54) is 6.20 Å². The second-order valence-electron chi connectivity index (χ2n) is 4.16. The van der Waals surface area contributed by atoms with E-state index in [-0.39, 0.29) is 15.1 Å². The lowest BCUT2D eigenvalue weighted by atomic mass is 10.3. The summed E-state index contributed by atoms with van der Waals surface area (Å²) in [5, 5.41) is 0. The van der Waals surface area contributed by atoms with Gasteiger partial charge in [0, 0.05) is 10.7 Å². The third-order valence-corrected chi connectivity index (χ3v) is 4.81. The average Bonchev–Trinajstić information content (AvgIpc) is 2.33. The van der Waals surface area contributed by atoms with Crippen LogP contribution in [0.2, 0.25) is 0 Å². The summed E-state index contributed by atoms with van der Waals surface area (Å²) >= 11 is 3.01. The van der Waals surface area contributed by atoms with Crippen molar-refractivity contribution in [2.75, 3.05) is 10.5 Å². The zero-order chi connectivity index (χ0) is 14.9. The maximum Gasteiger partial charge on any atom is 0.263 e. The molecule has 0 spiro atoms. The third kappa shape index (κ3) is 3.07. The number of aromatic nitrogens is 1. The van der Waals surface area contributed by atoms with Crippen molar-refractivity contribution < 1.29 is 12.8 Å². The number of nitrogens with two attached hydrogens (primary N) is 1. The molecule has 1 aromatic heterocycles. The maximum atomic E-state index is 13.2. The number of rotatable bonds is 3. The fourth-order valence-electron chi connectivity index (χ4n) is 1.57. The predicted molar refractivity (Wildman–Crippen MR) is 78.3 cm³/mol. The number of hydrogen-bond acceptors (Lipinski definition) is 4. The molecule has 20 heavy (non-hydrogen) atoms. The fourth-order valence-corrected chi connectivity index (χ4v) is 3.66. The monoisotopic (exact) mass is 359 g/mol. The van der Waals surface area contributed by atoms with Crippen LogP contribution in [-0.4, -0.2) is 13.4 Å². The van der Waals surface area contributed by atoms with Crippen LogP contribution >= 0.6 is 15.9 Å². The lowest BCUT2D eigenvalue weighted by molar-refractivity contribution is 0.599. The zero-order valence-corrected chi connectivity index (χ0v) is 12.8. The summed E-state index contributed by atoms with van der Waals surface area (Å²) in [6.07, 6.45) is 2.98. The van der Waals surface area contributed by atoms with Crippen LogP contribution in [-0.2, 0) is 10.0 Å². The van der Waals surface area contributed by atoms with Gasteiger partial charge in [-0.25, -0.2) is 12.8 Å². The van der Waals surface area contributed by atoms with E-state index in [2.05, 4.69) is 25.6 Å². The second-order valence-corrected chi connectivity index (χ2v) is 6.67. The summed E-state index contributed by atoms with van der Waals surface area (Å²) in [5.74, 6) is -0.687. The molecule has 0 saturated heterocycles. The van der Waals surface area contributed by atoms with Crippen LogP contribution in [0.3, 0.4) is 0 Å². The highest BCUT2D eigenvalue weighted by atomic mass is 79.9. The summed E-state index contributed by atoms with van der Waals surface area (Å²) in [7, 11) is -3.88. The number of anilines is 2. The minimum atomic E-state index is -3.88. The largest absolute Gasteiger partial charge is 0.396 e. The van der Waals surface area contributed by atoms with Gasteiger partial charge in [0.15, 0.2) is 0 Å². The normalized spacial score (nSPS) is 11.3. The number of pyridine rings is 1. The van der Waals surface area contributed by atoms with Crippen LogP contribution in [0.1, 0.15) is 5.56 Å². The van der Waals surface area contributed by atoms with Gasteiger partial charge in [0.1, 0.15) is 10.7 Å². The first kappa shape index (κ1) is 14.7. The van der Waals surface area contributed by atoms with E-state index in [0.717, 1.165) is 17.7 Å². The van der Waals surface area contributed by atoms with E-state index in [9.17, 15) is 12.8 Å². The van der Waals surface area contributed by atoms with Crippen molar-refractivity contribution in [2.45, 2.75) is 11.8 Å². The van der Waals surface area contributed by atoms with E-state index in [1.54, 1.807) is 19.2 Å². The Morgan fingerprint density at radius 2 is 2.00 bits per heavy atom. The van der Waals surface area contributed by atoms with Crippen molar-refractivity contribution in [1.82, 2.24) is 4.98 Å². The molecule has 8 heteroatoms. The van der Waals surface area contributed by atoms with Crippen LogP contribution < -0.4 is 10.5 Å². The maximum absolute atomic E-state index is 13.2. The highest BCUT2D eigenvalue weighted by Crippen LogP contribution is 2.28. The van der Waals surface area contributed by atoms with Crippen molar-refractivity contribution in [2.24, 2.45) is 0 Å². The van der Waals surface area contributed by atoms with Crippen LogP contribution in [0.5, 0.6) is 0 Å². The van der Waals surface area contributed by atoms with Crippen molar-refractivity contribution in [3.8, 4) is 0 Å². The number of nitrogens with one attached hydrogen (secondary N) is 1. The molecule has 0 saturated carbocycles. The first-order valence-corrected chi connectivity index (χ1v) is 7.76. The van der Waals surface area contributed by atoms with Crippen LogP contribution in [0.4, 0.5) is 15.8 Å². The molecule has 0 fully saturated rings. The summed E-state index contributed by atoms with van der Waals surface area (Å²) in [6, 6.07) is 3.70. The molecule has 106 valence electrons. The number of nitrogens with zero attached hydrogens (tertiary/aromatic N) is 1. The van der Waals surface area contributed by atoms with Crippen LogP contribution in [0.25, 0.3) is 0 Å². The Labute approximate surface area is 124 Å². The van der Waals surface area contributed by atoms with E-state index < -0.39 is 15.8 Å². The molecule has 0 atom stereocenters. The van der Waals surface area contributed by atoms with Crippen LogP contribution in [0, 0.1) is 12.7 Å². The summed E-state index contributed by atoms with van der Waals surface area (Å²) in [6.45, 7) is 1.79. The van der Waals surface area contributed by atoms with Gasteiger partial charge in [-0.15, -0.1) is 0 Å². The van der Waals surface area contributed by atoms with Crippen molar-refractivity contribution >= 4 is 37.3 Å². The van der Waals surface area contributed by atoms with E-state index in [4.69, 9.17) is 5.73 Å². The van der Waals surface area contributed by atoms with Gasteiger partial charge in [0.2, 0.25) is 0 Å². The third-order valence-electron chi connectivity index (χ3n) is 2.47. The van der Waals surface area contributed by atoms with Crippen molar-refractivity contribution in [3.63, 3.8) is 0 Å². The Hall–Kier alpha value is -1.67. The molecule has 0 aliphatic heterocycles. The van der Waals surface area contributed by atoms with Crippen molar-refractivity contribution in [1.29, 1.82) is 0 Å². The number of hydrogen-bond donors (Lipinski definition) is 2. The van der Waals surface area contributed by atoms with Gasteiger partial charge in [0.05, 0.1) is 17.6 Å². The lowest BCUT2D eigenvalue weighted by Crippen LogP contribution is -2.14. The predicted octanol–water partition coefficient (Wildman–Crippen LogP) is 2.67. The van der Waals surface area contributed by atoms with Gasteiger partial charge in [0.25, 0.3) is 10.0 Å². The molecule has 2 aromatic rings. The topological polar surface area (TPSA) is 85.1 Å². The minimum Gasteiger partial charge on any atom is -0.396 e. The molecule has 0 aliphatic rings. The fraction of sp³-hybridized carbons (Fsp3) is 0.0833. The minimum absolute atomic E-state index is 0.0947. The number of halogens is 2.